The highest BCUT2D eigenvalue weighted by atomic mass is 35.5. The number of nitrogens with zero attached hydrogens (tertiary/aromatic N) is 4. The average molecular weight is 476 g/mol. The number of hydrogen-bond acceptors (Lipinski definition) is 8. The molecule has 0 aromatic carbocycles. The van der Waals surface area contributed by atoms with Crippen molar-refractivity contribution in [3.8, 4) is 22.1 Å². The van der Waals surface area contributed by atoms with E-state index in [1.54, 1.807) is 12.1 Å². The van der Waals surface area contributed by atoms with E-state index in [1.165, 1.54) is 19.5 Å². The second-order valence-corrected chi connectivity index (χ2v) is 9.70. The van der Waals surface area contributed by atoms with Crippen molar-refractivity contribution >= 4 is 34.0 Å². The monoisotopic (exact) mass is 475 g/mol. The summed E-state index contributed by atoms with van der Waals surface area (Å²) in [5.41, 5.74) is 1.23. The van der Waals surface area contributed by atoms with Crippen molar-refractivity contribution < 1.29 is 18.7 Å². The summed E-state index contributed by atoms with van der Waals surface area (Å²) in [4.78, 5) is 21.3. The predicted octanol–water partition coefficient (Wildman–Crippen LogP) is 4.49. The third-order valence-corrected chi connectivity index (χ3v) is 6.79. The van der Waals surface area contributed by atoms with E-state index in [-0.39, 0.29) is 15.7 Å². The molecule has 0 unspecified atom stereocenters. The van der Waals surface area contributed by atoms with Crippen LogP contribution in [0.25, 0.3) is 11.1 Å². The van der Waals surface area contributed by atoms with Gasteiger partial charge in [0.1, 0.15) is 16.6 Å². The van der Waals surface area contributed by atoms with Crippen molar-refractivity contribution in [3.63, 3.8) is 0 Å². The zero-order chi connectivity index (χ0) is 22.5. The number of hydrogen-bond donors (Lipinski definition) is 1. The number of carbonyl (C=O) groups excluding carboxylic acids is 1. The zero-order valence-corrected chi connectivity index (χ0v) is 18.9. The van der Waals surface area contributed by atoms with Gasteiger partial charge in [-0.15, -0.1) is 5.10 Å². The molecule has 3 saturated carbocycles. The fourth-order valence-corrected chi connectivity index (χ4v) is 5.21. The summed E-state index contributed by atoms with van der Waals surface area (Å²) in [5, 5.41) is 11.6. The van der Waals surface area contributed by atoms with Crippen LogP contribution in [0, 0.1) is 12.3 Å². The molecule has 2 bridgehead atoms. The summed E-state index contributed by atoms with van der Waals surface area (Å²) in [6.45, 7) is 2.24. The van der Waals surface area contributed by atoms with Gasteiger partial charge in [0.25, 0.3) is 11.1 Å². The Hall–Kier alpha value is -2.85. The number of halogens is 2. The summed E-state index contributed by atoms with van der Waals surface area (Å²) in [7, 11) is 1.52. The van der Waals surface area contributed by atoms with Crippen molar-refractivity contribution in [3.05, 3.63) is 40.9 Å². The van der Waals surface area contributed by atoms with Gasteiger partial charge in [0, 0.05) is 28.4 Å². The van der Waals surface area contributed by atoms with E-state index in [2.05, 4.69) is 25.5 Å². The molecule has 3 heterocycles. The van der Waals surface area contributed by atoms with Crippen LogP contribution >= 0.6 is 22.9 Å². The number of rotatable bonds is 7. The number of anilines is 1. The Morgan fingerprint density at radius 1 is 1.22 bits per heavy atom. The van der Waals surface area contributed by atoms with E-state index >= 15 is 0 Å². The van der Waals surface area contributed by atoms with Crippen LogP contribution in [0.5, 0.6) is 10.9 Å². The third-order valence-electron chi connectivity index (χ3n) is 5.83. The van der Waals surface area contributed by atoms with E-state index in [1.807, 2.05) is 6.92 Å². The van der Waals surface area contributed by atoms with E-state index in [0.29, 0.717) is 53.5 Å². The minimum Gasteiger partial charge on any atom is -0.494 e. The Labute approximate surface area is 192 Å². The van der Waals surface area contributed by atoms with E-state index < -0.39 is 11.6 Å². The fourth-order valence-electron chi connectivity index (χ4n) is 4.47. The first kappa shape index (κ1) is 21.0. The maximum atomic E-state index is 13.6. The highest BCUT2D eigenvalue weighted by Crippen LogP contribution is 2.69. The molecule has 3 fully saturated rings. The molecule has 3 aromatic rings. The number of pyridine rings is 2. The van der Waals surface area contributed by atoms with Crippen LogP contribution in [-0.2, 0) is 0 Å². The summed E-state index contributed by atoms with van der Waals surface area (Å²) in [6.07, 6.45) is 4.64. The fraction of sp³-hybridized carbons (Fsp3) is 0.381. The quantitative estimate of drug-likeness (QED) is 0.502. The highest BCUT2D eigenvalue weighted by molar-refractivity contribution is 7.17. The number of amides is 1. The first-order valence-electron chi connectivity index (χ1n) is 9.91. The predicted molar refractivity (Wildman–Crippen MR) is 117 cm³/mol. The van der Waals surface area contributed by atoms with Crippen molar-refractivity contribution in [2.45, 2.75) is 31.9 Å². The first-order chi connectivity index (χ1) is 15.3. The molecule has 1 N–H and O–H groups in total. The van der Waals surface area contributed by atoms with Crippen LogP contribution in [0.1, 0.15) is 35.3 Å². The zero-order valence-electron chi connectivity index (χ0n) is 17.3. The maximum Gasteiger partial charge on any atom is 0.295 e. The SMILES string of the molecule is COc1cnc(Cl)cc1-c1cc(C)ncc1C(=O)Nc1nnc(OCC23CC(F)(C2)C3)s1. The lowest BCUT2D eigenvalue weighted by Crippen LogP contribution is -2.66. The highest BCUT2D eigenvalue weighted by Gasteiger charge is 2.69. The third kappa shape index (κ3) is 3.77. The first-order valence-corrected chi connectivity index (χ1v) is 11.1. The normalized spacial score (nSPS) is 23.1. The van der Waals surface area contributed by atoms with Gasteiger partial charge in [0.05, 0.1) is 25.5 Å². The molecule has 0 radical (unpaired) electrons. The number of ether oxygens (including phenoxy) is 2. The molecule has 0 atom stereocenters. The molecule has 0 saturated heterocycles. The number of aryl methyl sites for hydroxylation is 1. The van der Waals surface area contributed by atoms with Crippen LogP contribution in [0.15, 0.2) is 24.5 Å². The molecular formula is C21H19ClFN5O3S. The van der Waals surface area contributed by atoms with Crippen LogP contribution in [0.4, 0.5) is 9.52 Å². The van der Waals surface area contributed by atoms with Gasteiger partial charge in [-0.05, 0) is 49.7 Å². The minimum absolute atomic E-state index is 0.0584. The molecule has 11 heteroatoms. The molecule has 3 aromatic heterocycles. The summed E-state index contributed by atoms with van der Waals surface area (Å²) in [6, 6.07) is 3.41. The summed E-state index contributed by atoms with van der Waals surface area (Å²) >= 11 is 7.20. The Bertz CT molecular complexity index is 1200. The number of alkyl halides is 1. The van der Waals surface area contributed by atoms with Crippen molar-refractivity contribution in [2.75, 3.05) is 19.0 Å². The van der Waals surface area contributed by atoms with Crippen LogP contribution in [0.2, 0.25) is 5.15 Å². The van der Waals surface area contributed by atoms with Crippen LogP contribution in [-0.4, -0.2) is 45.5 Å². The lowest BCUT2D eigenvalue weighted by atomic mass is 9.43. The van der Waals surface area contributed by atoms with Crippen LogP contribution < -0.4 is 14.8 Å². The van der Waals surface area contributed by atoms with Gasteiger partial charge in [0.2, 0.25) is 5.13 Å². The van der Waals surface area contributed by atoms with Gasteiger partial charge in [0.15, 0.2) is 0 Å². The molecule has 8 nitrogen and oxygen atoms in total. The van der Waals surface area contributed by atoms with E-state index in [0.717, 1.165) is 17.0 Å². The lowest BCUT2D eigenvalue weighted by Gasteiger charge is -2.65. The Balaban J connectivity index is 1.33. The van der Waals surface area contributed by atoms with Crippen molar-refractivity contribution in [2.24, 2.45) is 5.41 Å². The largest absolute Gasteiger partial charge is 0.494 e. The minimum atomic E-state index is -0.967. The number of nitrogens with one attached hydrogen (secondary N) is 1. The molecule has 0 aliphatic heterocycles. The van der Waals surface area contributed by atoms with Gasteiger partial charge in [-0.1, -0.05) is 16.7 Å². The van der Waals surface area contributed by atoms with E-state index in [9.17, 15) is 9.18 Å². The molecule has 6 rings (SSSR count). The summed E-state index contributed by atoms with van der Waals surface area (Å²) < 4.78 is 24.7. The maximum absolute atomic E-state index is 13.6. The second-order valence-electron chi connectivity index (χ2n) is 8.38. The average Bonchev–Trinajstić information content (AvgIpc) is 3.16. The van der Waals surface area contributed by atoms with Crippen molar-refractivity contribution in [1.82, 2.24) is 20.2 Å². The Morgan fingerprint density at radius 2 is 2.00 bits per heavy atom. The van der Waals surface area contributed by atoms with E-state index in [4.69, 9.17) is 21.1 Å². The molecule has 3 aliphatic rings. The molecule has 3 aliphatic carbocycles. The molecule has 32 heavy (non-hydrogen) atoms. The number of carbonyl (C=O) groups is 1. The number of aromatic nitrogens is 4. The van der Waals surface area contributed by atoms with Gasteiger partial charge in [-0.2, -0.15) is 0 Å². The van der Waals surface area contributed by atoms with Gasteiger partial charge in [-0.3, -0.25) is 15.1 Å². The standard InChI is InChI=1S/C21H19ClFN5O3S/c1-11-3-12(13-4-16(22)25-6-15(13)30-2)14(5-24-11)17(29)26-18-27-28-19(32-18)31-10-20-7-21(23,8-20)9-20/h3-6H,7-10H2,1-2H3,(H,26,27,29). The summed E-state index contributed by atoms with van der Waals surface area (Å²) in [5.74, 6) is 0.0632. The lowest BCUT2D eigenvalue weighted by molar-refractivity contribution is -0.226. The topological polar surface area (TPSA) is 99.1 Å². The molecular weight excluding hydrogens is 457 g/mol. The second kappa shape index (κ2) is 7.63. The number of methoxy groups -OCH3 is 1. The van der Waals surface area contributed by atoms with Gasteiger partial charge >= 0.3 is 0 Å². The smallest absolute Gasteiger partial charge is 0.295 e. The van der Waals surface area contributed by atoms with Gasteiger partial charge < -0.3 is 9.47 Å². The van der Waals surface area contributed by atoms with Gasteiger partial charge in [-0.25, -0.2) is 9.37 Å². The molecule has 166 valence electrons. The molecule has 1 amide bonds. The van der Waals surface area contributed by atoms with Crippen LogP contribution in [0.3, 0.4) is 0 Å². The van der Waals surface area contributed by atoms with Crippen molar-refractivity contribution in [1.29, 1.82) is 0 Å². The Morgan fingerprint density at radius 3 is 2.72 bits per heavy atom. The Kier molecular flexibility index (Phi) is 5.01. The molecule has 0 spiro atoms.